The number of anilines is 1. The standard InChI is InChI=1S/C25H20N2O6S/c1-12-8-9-17-16(10-12)20(28)18-19(14-6-5-7-15(11-14)31-3)27(23(29)21(18)33-17)25-26-13(2)22(34-25)24(30)32-4/h5-11,19H,1-4H3/t19-/m0/s1. The van der Waals surface area contributed by atoms with Gasteiger partial charge in [-0.15, -0.1) is 0 Å². The van der Waals surface area contributed by atoms with Gasteiger partial charge in [0.05, 0.1) is 36.9 Å². The maximum absolute atomic E-state index is 13.7. The Morgan fingerprint density at radius 2 is 1.91 bits per heavy atom. The number of aromatic nitrogens is 1. The van der Waals surface area contributed by atoms with E-state index in [0.29, 0.717) is 28.0 Å². The van der Waals surface area contributed by atoms with E-state index in [4.69, 9.17) is 13.9 Å². The van der Waals surface area contributed by atoms with Gasteiger partial charge in [0.25, 0.3) is 5.91 Å². The molecule has 0 N–H and O–H groups in total. The molecule has 2 aromatic carbocycles. The summed E-state index contributed by atoms with van der Waals surface area (Å²) in [5.41, 5.74) is 2.25. The molecule has 0 fully saturated rings. The third kappa shape index (κ3) is 3.28. The topological polar surface area (TPSA) is 98.9 Å². The molecule has 172 valence electrons. The van der Waals surface area contributed by atoms with E-state index in [9.17, 15) is 14.4 Å². The smallest absolute Gasteiger partial charge is 0.350 e. The van der Waals surface area contributed by atoms with Crippen LogP contribution in [0.3, 0.4) is 0 Å². The third-order valence-corrected chi connectivity index (χ3v) is 6.93. The average Bonchev–Trinajstić information content (AvgIpc) is 3.36. The van der Waals surface area contributed by atoms with Crippen molar-refractivity contribution in [3.63, 3.8) is 0 Å². The van der Waals surface area contributed by atoms with E-state index in [2.05, 4.69) is 4.98 Å². The van der Waals surface area contributed by atoms with Crippen molar-refractivity contribution in [2.24, 2.45) is 0 Å². The van der Waals surface area contributed by atoms with E-state index in [1.807, 2.05) is 19.1 Å². The molecule has 0 aliphatic carbocycles. The lowest BCUT2D eigenvalue weighted by Crippen LogP contribution is -2.29. The number of amides is 1. The van der Waals surface area contributed by atoms with Gasteiger partial charge in [-0.25, -0.2) is 9.78 Å². The highest BCUT2D eigenvalue weighted by molar-refractivity contribution is 7.17. The summed E-state index contributed by atoms with van der Waals surface area (Å²) < 4.78 is 16.2. The average molecular weight is 477 g/mol. The van der Waals surface area contributed by atoms with Crippen molar-refractivity contribution in [1.29, 1.82) is 0 Å². The zero-order valence-corrected chi connectivity index (χ0v) is 19.7. The molecular weight excluding hydrogens is 456 g/mol. The number of aryl methyl sites for hydroxylation is 2. The summed E-state index contributed by atoms with van der Waals surface area (Å²) in [7, 11) is 2.83. The molecule has 5 rings (SSSR count). The normalized spacial score (nSPS) is 15.0. The number of carbonyl (C=O) groups is 2. The number of fused-ring (bicyclic) bond motifs is 2. The van der Waals surface area contributed by atoms with E-state index in [0.717, 1.165) is 16.9 Å². The van der Waals surface area contributed by atoms with Crippen molar-refractivity contribution < 1.29 is 23.5 Å². The molecular formula is C25H20N2O6S. The van der Waals surface area contributed by atoms with Crippen LogP contribution in [0.1, 0.15) is 48.7 Å². The lowest BCUT2D eigenvalue weighted by Gasteiger charge is -2.22. The minimum Gasteiger partial charge on any atom is -0.497 e. The van der Waals surface area contributed by atoms with Gasteiger partial charge in [0.1, 0.15) is 16.2 Å². The first-order valence-electron chi connectivity index (χ1n) is 10.4. The predicted octanol–water partition coefficient (Wildman–Crippen LogP) is 4.41. The van der Waals surface area contributed by atoms with Crippen molar-refractivity contribution in [3.05, 3.63) is 85.7 Å². The van der Waals surface area contributed by atoms with Crippen LogP contribution < -0.4 is 15.1 Å². The summed E-state index contributed by atoms with van der Waals surface area (Å²) in [6.45, 7) is 3.55. The molecule has 9 heteroatoms. The first-order chi connectivity index (χ1) is 16.3. The Kier molecular flexibility index (Phi) is 5.21. The summed E-state index contributed by atoms with van der Waals surface area (Å²) in [6.07, 6.45) is 0. The molecule has 8 nitrogen and oxygen atoms in total. The van der Waals surface area contributed by atoms with Gasteiger partial charge >= 0.3 is 5.97 Å². The highest BCUT2D eigenvalue weighted by Gasteiger charge is 2.45. The van der Waals surface area contributed by atoms with Crippen molar-refractivity contribution in [2.45, 2.75) is 19.9 Å². The number of hydrogen-bond donors (Lipinski definition) is 0. The maximum Gasteiger partial charge on any atom is 0.350 e. The molecule has 1 amide bonds. The molecule has 0 spiro atoms. The van der Waals surface area contributed by atoms with E-state index in [1.54, 1.807) is 44.4 Å². The van der Waals surface area contributed by atoms with E-state index in [-0.39, 0.29) is 26.8 Å². The van der Waals surface area contributed by atoms with E-state index in [1.165, 1.54) is 12.0 Å². The molecule has 2 aromatic heterocycles. The second-order valence-corrected chi connectivity index (χ2v) is 8.91. The monoisotopic (exact) mass is 476 g/mol. The number of esters is 1. The highest BCUT2D eigenvalue weighted by Crippen LogP contribution is 2.43. The SMILES string of the molecule is COC(=O)c1sc(N2C(=O)c3oc4ccc(C)cc4c(=O)c3[C@@H]2c2cccc(OC)c2)nc1C. The van der Waals surface area contributed by atoms with Crippen LogP contribution in [0.25, 0.3) is 11.0 Å². The van der Waals surface area contributed by atoms with Crippen LogP contribution >= 0.6 is 11.3 Å². The molecule has 1 atom stereocenters. The Bertz CT molecular complexity index is 1540. The second-order valence-electron chi connectivity index (χ2n) is 7.93. The Morgan fingerprint density at radius 1 is 1.12 bits per heavy atom. The Morgan fingerprint density at radius 3 is 2.65 bits per heavy atom. The lowest BCUT2D eigenvalue weighted by molar-refractivity contribution is 0.0605. The number of hydrogen-bond acceptors (Lipinski definition) is 8. The molecule has 1 aliphatic heterocycles. The minimum atomic E-state index is -0.810. The van der Waals surface area contributed by atoms with Crippen LogP contribution in [-0.4, -0.2) is 31.1 Å². The van der Waals surface area contributed by atoms with Gasteiger partial charge in [-0.05, 0) is 43.7 Å². The Balaban J connectivity index is 1.79. The van der Waals surface area contributed by atoms with Crippen LogP contribution in [0.5, 0.6) is 5.75 Å². The van der Waals surface area contributed by atoms with Crippen molar-refractivity contribution in [2.75, 3.05) is 19.1 Å². The van der Waals surface area contributed by atoms with Gasteiger partial charge in [-0.3, -0.25) is 14.5 Å². The first-order valence-corrected chi connectivity index (χ1v) is 11.3. The Labute approximate surface area is 198 Å². The molecule has 4 aromatic rings. The molecule has 1 aliphatic rings. The van der Waals surface area contributed by atoms with Crippen LogP contribution in [0, 0.1) is 13.8 Å². The Hall–Kier alpha value is -3.98. The zero-order valence-electron chi connectivity index (χ0n) is 18.9. The number of ether oxygens (including phenoxy) is 2. The zero-order chi connectivity index (χ0) is 24.1. The fourth-order valence-electron chi connectivity index (χ4n) is 4.18. The number of benzene rings is 2. The van der Waals surface area contributed by atoms with Crippen LogP contribution in [0.15, 0.2) is 51.7 Å². The minimum absolute atomic E-state index is 0.0401. The number of rotatable bonds is 4. The van der Waals surface area contributed by atoms with E-state index < -0.39 is 17.9 Å². The summed E-state index contributed by atoms with van der Waals surface area (Å²) in [5, 5.41) is 0.661. The summed E-state index contributed by atoms with van der Waals surface area (Å²) in [5.74, 6) is -0.516. The molecule has 3 heterocycles. The maximum atomic E-state index is 13.7. The number of carbonyl (C=O) groups excluding carboxylic acids is 2. The third-order valence-electron chi connectivity index (χ3n) is 5.80. The van der Waals surface area contributed by atoms with Gasteiger partial charge in [0.2, 0.25) is 5.76 Å². The molecule has 0 bridgehead atoms. The molecule has 0 radical (unpaired) electrons. The molecule has 0 saturated carbocycles. The molecule has 34 heavy (non-hydrogen) atoms. The van der Waals surface area contributed by atoms with Crippen molar-refractivity contribution in [1.82, 2.24) is 4.98 Å². The van der Waals surface area contributed by atoms with Gasteiger partial charge < -0.3 is 13.9 Å². The highest BCUT2D eigenvalue weighted by atomic mass is 32.1. The van der Waals surface area contributed by atoms with E-state index >= 15 is 0 Å². The number of thiazole rings is 1. The largest absolute Gasteiger partial charge is 0.497 e. The second kappa shape index (κ2) is 8.11. The first kappa shape index (κ1) is 21.8. The van der Waals surface area contributed by atoms with Gasteiger partial charge in [-0.2, -0.15) is 0 Å². The number of nitrogens with zero attached hydrogens (tertiary/aromatic N) is 2. The fraction of sp³-hybridized carbons (Fsp3) is 0.200. The van der Waals surface area contributed by atoms with Crippen LogP contribution in [-0.2, 0) is 4.74 Å². The van der Waals surface area contributed by atoms with Gasteiger partial charge in [-0.1, -0.05) is 35.1 Å². The van der Waals surface area contributed by atoms with Crippen LogP contribution in [0.2, 0.25) is 0 Å². The van der Waals surface area contributed by atoms with Crippen molar-refractivity contribution >= 4 is 39.3 Å². The molecule has 0 unspecified atom stereocenters. The summed E-state index contributed by atoms with van der Waals surface area (Å²) in [6, 6.07) is 11.6. The van der Waals surface area contributed by atoms with Gasteiger partial charge in [0.15, 0.2) is 10.6 Å². The fourth-order valence-corrected chi connectivity index (χ4v) is 5.19. The summed E-state index contributed by atoms with van der Waals surface area (Å²) >= 11 is 1.03. The lowest BCUT2D eigenvalue weighted by atomic mass is 9.98. The number of methoxy groups -OCH3 is 2. The van der Waals surface area contributed by atoms with Crippen molar-refractivity contribution in [3.8, 4) is 5.75 Å². The van der Waals surface area contributed by atoms with Crippen LogP contribution in [0.4, 0.5) is 5.13 Å². The quantitative estimate of drug-likeness (QED) is 0.402. The van der Waals surface area contributed by atoms with Gasteiger partial charge in [0, 0.05) is 0 Å². The summed E-state index contributed by atoms with van der Waals surface area (Å²) in [4.78, 5) is 45.7. The predicted molar refractivity (Wildman–Crippen MR) is 127 cm³/mol. The molecule has 0 saturated heterocycles.